The number of carbonyl (C=O) groups excluding carboxylic acids is 1. The van der Waals surface area contributed by atoms with Crippen LogP contribution in [0.25, 0.3) is 0 Å². The first-order valence-electron chi connectivity index (χ1n) is 3.57. The highest BCUT2D eigenvalue weighted by Gasteiger charge is 2.12. The highest BCUT2D eigenvalue weighted by atomic mass is 79.9. The molecule has 0 spiro atoms. The Kier molecular flexibility index (Phi) is 2.81. The summed E-state index contributed by atoms with van der Waals surface area (Å²) in [7, 11) is 0. The Bertz CT molecular complexity index is 312. The molecule has 0 bridgehead atoms. The van der Waals surface area contributed by atoms with Gasteiger partial charge in [-0.3, -0.25) is 4.79 Å². The van der Waals surface area contributed by atoms with Gasteiger partial charge in [0.25, 0.3) is 5.69 Å². The van der Waals surface area contributed by atoms with Crippen LogP contribution in [-0.4, -0.2) is 5.78 Å². The van der Waals surface area contributed by atoms with Crippen LogP contribution in [0.1, 0.15) is 23.8 Å². The fourth-order valence-electron chi connectivity index (χ4n) is 0.854. The van der Waals surface area contributed by atoms with Gasteiger partial charge in [-0.05, 0) is 22.0 Å². The van der Waals surface area contributed by atoms with Crippen LogP contribution in [0.15, 0.2) is 22.8 Å². The van der Waals surface area contributed by atoms with Crippen LogP contribution in [0.2, 0.25) is 0 Å². The van der Waals surface area contributed by atoms with Crippen LogP contribution >= 0.6 is 15.9 Å². The van der Waals surface area contributed by atoms with Crippen molar-refractivity contribution in [2.75, 3.05) is 0 Å². The standard InChI is InChI=1S/C8H8BrNO2/c1-2-8(11)7-4-3-6(9)5-10(7)12/h3-5H,2H2,1H3. The van der Waals surface area contributed by atoms with E-state index in [9.17, 15) is 10.0 Å². The molecule has 0 N–H and O–H groups in total. The van der Waals surface area contributed by atoms with Gasteiger partial charge >= 0.3 is 0 Å². The van der Waals surface area contributed by atoms with Crippen molar-refractivity contribution in [2.45, 2.75) is 13.3 Å². The van der Waals surface area contributed by atoms with E-state index in [1.54, 1.807) is 13.0 Å². The largest absolute Gasteiger partial charge is 0.618 e. The fourth-order valence-corrected chi connectivity index (χ4v) is 1.17. The zero-order valence-electron chi connectivity index (χ0n) is 6.58. The summed E-state index contributed by atoms with van der Waals surface area (Å²) in [4.78, 5) is 11.1. The van der Waals surface area contributed by atoms with Gasteiger partial charge in [0.2, 0.25) is 5.78 Å². The number of hydrogen-bond donors (Lipinski definition) is 0. The van der Waals surface area contributed by atoms with Crippen LogP contribution < -0.4 is 4.73 Å². The van der Waals surface area contributed by atoms with Gasteiger partial charge in [-0.2, -0.15) is 4.73 Å². The lowest BCUT2D eigenvalue weighted by Gasteiger charge is -2.01. The topological polar surface area (TPSA) is 44.0 Å². The van der Waals surface area contributed by atoms with E-state index < -0.39 is 0 Å². The van der Waals surface area contributed by atoms with E-state index in [4.69, 9.17) is 0 Å². The number of rotatable bonds is 2. The van der Waals surface area contributed by atoms with Gasteiger partial charge in [-0.15, -0.1) is 0 Å². The van der Waals surface area contributed by atoms with E-state index in [1.807, 2.05) is 0 Å². The number of hydrogen-bond acceptors (Lipinski definition) is 2. The quantitative estimate of drug-likeness (QED) is 0.440. The van der Waals surface area contributed by atoms with Gasteiger partial charge in [0.15, 0.2) is 6.20 Å². The third-order valence-electron chi connectivity index (χ3n) is 1.49. The van der Waals surface area contributed by atoms with Crippen molar-refractivity contribution in [3.05, 3.63) is 33.7 Å². The van der Waals surface area contributed by atoms with E-state index in [2.05, 4.69) is 15.9 Å². The number of pyridine rings is 1. The molecule has 0 unspecified atom stereocenters. The average Bonchev–Trinajstić information content (AvgIpc) is 2.03. The zero-order chi connectivity index (χ0) is 9.14. The molecule has 0 saturated heterocycles. The summed E-state index contributed by atoms with van der Waals surface area (Å²) in [5, 5.41) is 11.1. The van der Waals surface area contributed by atoms with Gasteiger partial charge in [-0.25, -0.2) is 0 Å². The lowest BCUT2D eigenvalue weighted by atomic mass is 10.2. The van der Waals surface area contributed by atoms with Crippen molar-refractivity contribution in [2.24, 2.45) is 0 Å². The van der Waals surface area contributed by atoms with E-state index in [1.165, 1.54) is 12.3 Å². The summed E-state index contributed by atoms with van der Waals surface area (Å²) in [6.07, 6.45) is 1.67. The molecule has 64 valence electrons. The number of aromatic nitrogens is 1. The molecule has 0 atom stereocenters. The molecule has 1 aromatic heterocycles. The second kappa shape index (κ2) is 3.67. The maximum atomic E-state index is 11.1. The van der Waals surface area contributed by atoms with Crippen LogP contribution in [-0.2, 0) is 0 Å². The molecule has 0 aromatic carbocycles. The third-order valence-corrected chi connectivity index (χ3v) is 1.95. The molecule has 0 aliphatic heterocycles. The second-order valence-corrected chi connectivity index (χ2v) is 3.25. The Morgan fingerprint density at radius 3 is 2.83 bits per heavy atom. The first kappa shape index (κ1) is 9.19. The molecule has 3 nitrogen and oxygen atoms in total. The normalized spacial score (nSPS) is 9.83. The van der Waals surface area contributed by atoms with Gasteiger partial charge in [0, 0.05) is 12.5 Å². The maximum absolute atomic E-state index is 11.1. The summed E-state index contributed by atoms with van der Waals surface area (Å²) < 4.78 is 1.25. The van der Waals surface area contributed by atoms with Crippen LogP contribution in [0.4, 0.5) is 0 Å². The first-order chi connectivity index (χ1) is 5.65. The molecular weight excluding hydrogens is 222 g/mol. The molecule has 1 aromatic rings. The van der Waals surface area contributed by atoms with E-state index in [0.717, 1.165) is 0 Å². The Hall–Kier alpha value is -0.900. The zero-order valence-corrected chi connectivity index (χ0v) is 8.17. The number of nitrogens with zero attached hydrogens (tertiary/aromatic N) is 1. The lowest BCUT2D eigenvalue weighted by Crippen LogP contribution is -2.33. The number of ketones is 1. The van der Waals surface area contributed by atoms with Crippen molar-refractivity contribution >= 4 is 21.7 Å². The number of carbonyl (C=O) groups is 1. The molecule has 0 saturated carbocycles. The Balaban J connectivity index is 3.09. The average molecular weight is 230 g/mol. The lowest BCUT2D eigenvalue weighted by molar-refractivity contribution is -0.608. The molecule has 0 fully saturated rings. The Morgan fingerprint density at radius 1 is 1.67 bits per heavy atom. The van der Waals surface area contributed by atoms with Crippen molar-refractivity contribution < 1.29 is 9.52 Å². The Morgan fingerprint density at radius 2 is 2.33 bits per heavy atom. The van der Waals surface area contributed by atoms with Gasteiger partial charge in [0.05, 0.1) is 4.47 Å². The van der Waals surface area contributed by atoms with Crippen molar-refractivity contribution in [3.8, 4) is 0 Å². The molecule has 0 aliphatic rings. The van der Waals surface area contributed by atoms with Crippen LogP contribution in [0.3, 0.4) is 0 Å². The predicted octanol–water partition coefficient (Wildman–Crippen LogP) is 1.68. The summed E-state index contributed by atoms with van der Waals surface area (Å²) in [5.41, 5.74) is 0.195. The molecule has 0 aliphatic carbocycles. The van der Waals surface area contributed by atoms with Crippen molar-refractivity contribution in [1.82, 2.24) is 0 Å². The monoisotopic (exact) mass is 229 g/mol. The predicted molar refractivity (Wildman–Crippen MR) is 47.7 cm³/mol. The molecule has 0 amide bonds. The van der Waals surface area contributed by atoms with Crippen molar-refractivity contribution in [3.63, 3.8) is 0 Å². The Labute approximate surface area is 78.7 Å². The summed E-state index contributed by atoms with van der Waals surface area (Å²) >= 11 is 3.14. The molecular formula is C8H8BrNO2. The minimum atomic E-state index is -0.141. The highest BCUT2D eigenvalue weighted by Crippen LogP contribution is 2.06. The van der Waals surface area contributed by atoms with Crippen molar-refractivity contribution in [1.29, 1.82) is 0 Å². The molecule has 0 radical (unpaired) electrons. The SMILES string of the molecule is CCC(=O)c1ccc(Br)c[n+]1[O-]. The third kappa shape index (κ3) is 1.82. The maximum Gasteiger partial charge on any atom is 0.259 e. The second-order valence-electron chi connectivity index (χ2n) is 2.34. The van der Waals surface area contributed by atoms with Gasteiger partial charge in [-0.1, -0.05) is 6.92 Å². The molecule has 1 heterocycles. The highest BCUT2D eigenvalue weighted by molar-refractivity contribution is 9.10. The molecule has 1 rings (SSSR count). The number of Topliss-reactive ketones (excluding diaryl/α,β-unsaturated/α-hetero) is 1. The van der Waals surface area contributed by atoms with E-state index in [-0.39, 0.29) is 11.5 Å². The summed E-state index contributed by atoms with van der Waals surface area (Å²) in [6.45, 7) is 1.73. The minimum absolute atomic E-state index is 0.141. The smallest absolute Gasteiger partial charge is 0.259 e. The summed E-state index contributed by atoms with van der Waals surface area (Å²) in [6, 6.07) is 3.19. The first-order valence-corrected chi connectivity index (χ1v) is 4.36. The molecule has 12 heavy (non-hydrogen) atoms. The fraction of sp³-hybridized carbons (Fsp3) is 0.250. The van der Waals surface area contributed by atoms with Crippen LogP contribution in [0.5, 0.6) is 0 Å². The van der Waals surface area contributed by atoms with E-state index >= 15 is 0 Å². The van der Waals surface area contributed by atoms with Crippen LogP contribution in [0, 0.1) is 5.21 Å². The van der Waals surface area contributed by atoms with Gasteiger partial charge in [0.1, 0.15) is 0 Å². The minimum Gasteiger partial charge on any atom is -0.618 e. The summed E-state index contributed by atoms with van der Waals surface area (Å²) in [5.74, 6) is -0.141. The van der Waals surface area contributed by atoms with E-state index in [0.29, 0.717) is 15.6 Å². The van der Waals surface area contributed by atoms with Gasteiger partial charge < -0.3 is 5.21 Å². The molecule has 4 heteroatoms. The number of halogens is 1.